The van der Waals surface area contributed by atoms with Crippen LogP contribution >= 0.6 is 0 Å². The lowest BCUT2D eigenvalue weighted by molar-refractivity contribution is 0.365. The van der Waals surface area contributed by atoms with Gasteiger partial charge in [-0.15, -0.1) is 0 Å². The lowest BCUT2D eigenvalue weighted by Gasteiger charge is -2.27. The second-order valence-electron chi connectivity index (χ2n) is 3.31. The third-order valence-electron chi connectivity index (χ3n) is 2.51. The van der Waals surface area contributed by atoms with Gasteiger partial charge in [-0.25, -0.2) is 0 Å². The normalized spacial score (nSPS) is 19.0. The van der Waals surface area contributed by atoms with E-state index in [1.807, 2.05) is 0 Å². The summed E-state index contributed by atoms with van der Waals surface area (Å²) in [6, 6.07) is 0. The average Bonchev–Trinajstić information content (AvgIpc) is 1.60. The minimum Gasteiger partial charge on any atom is -0.0772 e. The van der Waals surface area contributed by atoms with E-state index in [-0.39, 0.29) is 0 Å². The van der Waals surface area contributed by atoms with Crippen LogP contribution in [0.2, 0.25) is 0 Å². The molecule has 1 fully saturated rings. The predicted octanol–water partition coefficient (Wildman–Crippen LogP) is 3.14. The Morgan fingerprint density at radius 3 is 1.78 bits per heavy atom. The Hall–Kier alpha value is -0.260. The Kier molecular flexibility index (Phi) is 1.94. The van der Waals surface area contributed by atoms with Crippen LogP contribution in [0.1, 0.15) is 40.0 Å². The van der Waals surface area contributed by atoms with Crippen molar-refractivity contribution in [2.75, 3.05) is 0 Å². The van der Waals surface area contributed by atoms with Crippen LogP contribution in [0.25, 0.3) is 0 Å². The highest BCUT2D eigenvalue weighted by atomic mass is 14.2. The smallest absolute Gasteiger partial charge is 0.0204 e. The summed E-state index contributed by atoms with van der Waals surface area (Å²) in [5.41, 5.74) is 3.17. The van der Waals surface area contributed by atoms with Crippen molar-refractivity contribution in [3.8, 4) is 0 Å². The highest BCUT2D eigenvalue weighted by Gasteiger charge is 2.18. The molecule has 0 heteroatoms. The van der Waals surface area contributed by atoms with Crippen LogP contribution in [-0.2, 0) is 0 Å². The lowest BCUT2D eigenvalue weighted by atomic mass is 9.79. The van der Waals surface area contributed by atoms with E-state index < -0.39 is 0 Å². The van der Waals surface area contributed by atoms with E-state index in [0.29, 0.717) is 0 Å². The molecule has 0 aromatic rings. The first-order valence-electron chi connectivity index (χ1n) is 3.86. The van der Waals surface area contributed by atoms with E-state index in [0.717, 1.165) is 5.92 Å². The summed E-state index contributed by atoms with van der Waals surface area (Å²) in [5, 5.41) is 0. The summed E-state index contributed by atoms with van der Waals surface area (Å²) in [6.45, 7) is 6.71. The molecule has 0 saturated heterocycles. The highest BCUT2D eigenvalue weighted by molar-refractivity contribution is 5.12. The number of hydrogen-bond acceptors (Lipinski definition) is 0. The van der Waals surface area contributed by atoms with Crippen molar-refractivity contribution in [1.82, 2.24) is 0 Å². The van der Waals surface area contributed by atoms with E-state index in [4.69, 9.17) is 0 Å². The molecule has 9 heavy (non-hydrogen) atoms. The Balaban J connectivity index is 2.50. The van der Waals surface area contributed by atoms with Gasteiger partial charge < -0.3 is 0 Å². The molecule has 0 atom stereocenters. The maximum absolute atomic E-state index is 2.28. The van der Waals surface area contributed by atoms with Gasteiger partial charge in [-0.1, -0.05) is 17.6 Å². The van der Waals surface area contributed by atoms with E-state index in [2.05, 4.69) is 20.8 Å². The number of rotatable bonds is 1. The largest absolute Gasteiger partial charge is 0.0772 e. The minimum atomic E-state index is 0.954. The molecule has 0 aromatic heterocycles. The summed E-state index contributed by atoms with van der Waals surface area (Å²) in [6.07, 6.45) is 4.34. The fourth-order valence-electron chi connectivity index (χ4n) is 1.25. The summed E-state index contributed by atoms with van der Waals surface area (Å²) < 4.78 is 0. The Morgan fingerprint density at radius 2 is 1.67 bits per heavy atom. The monoisotopic (exact) mass is 124 g/mol. The molecular weight excluding hydrogens is 108 g/mol. The lowest BCUT2D eigenvalue weighted by Crippen LogP contribution is -2.12. The van der Waals surface area contributed by atoms with E-state index >= 15 is 0 Å². The van der Waals surface area contributed by atoms with Crippen molar-refractivity contribution in [2.24, 2.45) is 5.92 Å². The van der Waals surface area contributed by atoms with Gasteiger partial charge in [0, 0.05) is 0 Å². The van der Waals surface area contributed by atoms with Crippen LogP contribution in [0.5, 0.6) is 0 Å². The SMILES string of the molecule is CC(C)=C(C)C1CCC1. The predicted molar refractivity (Wildman–Crippen MR) is 41.4 cm³/mol. The molecule has 0 bridgehead atoms. The Morgan fingerprint density at radius 1 is 1.11 bits per heavy atom. The van der Waals surface area contributed by atoms with Gasteiger partial charge in [-0.05, 0) is 39.5 Å². The van der Waals surface area contributed by atoms with Gasteiger partial charge in [0.05, 0.1) is 0 Å². The fourth-order valence-corrected chi connectivity index (χ4v) is 1.25. The van der Waals surface area contributed by atoms with Crippen molar-refractivity contribution in [3.05, 3.63) is 11.1 Å². The van der Waals surface area contributed by atoms with Crippen LogP contribution in [0.3, 0.4) is 0 Å². The molecule has 1 saturated carbocycles. The van der Waals surface area contributed by atoms with Gasteiger partial charge in [-0.3, -0.25) is 0 Å². The molecule has 0 spiro atoms. The number of hydrogen-bond donors (Lipinski definition) is 0. The van der Waals surface area contributed by atoms with Crippen LogP contribution in [0.15, 0.2) is 11.1 Å². The zero-order chi connectivity index (χ0) is 6.85. The molecule has 0 aromatic carbocycles. The second-order valence-corrected chi connectivity index (χ2v) is 3.31. The van der Waals surface area contributed by atoms with Crippen LogP contribution in [-0.4, -0.2) is 0 Å². The zero-order valence-corrected chi connectivity index (χ0v) is 6.70. The average molecular weight is 124 g/mol. The molecule has 1 aliphatic rings. The summed E-state index contributed by atoms with van der Waals surface area (Å²) >= 11 is 0. The maximum Gasteiger partial charge on any atom is -0.0204 e. The van der Waals surface area contributed by atoms with Gasteiger partial charge in [0.2, 0.25) is 0 Å². The first-order valence-corrected chi connectivity index (χ1v) is 3.86. The van der Waals surface area contributed by atoms with Crippen molar-refractivity contribution in [2.45, 2.75) is 40.0 Å². The molecule has 1 rings (SSSR count). The fraction of sp³-hybridized carbons (Fsp3) is 0.778. The molecule has 0 amide bonds. The van der Waals surface area contributed by atoms with E-state index in [9.17, 15) is 0 Å². The van der Waals surface area contributed by atoms with E-state index in [1.54, 1.807) is 5.57 Å². The van der Waals surface area contributed by atoms with Crippen molar-refractivity contribution < 1.29 is 0 Å². The second kappa shape index (κ2) is 2.55. The number of allylic oxidation sites excluding steroid dienone is 2. The van der Waals surface area contributed by atoms with Gasteiger partial charge in [0.15, 0.2) is 0 Å². The quantitative estimate of drug-likeness (QED) is 0.471. The molecule has 52 valence electrons. The molecule has 0 unspecified atom stereocenters. The third kappa shape index (κ3) is 1.35. The van der Waals surface area contributed by atoms with Gasteiger partial charge >= 0.3 is 0 Å². The molecule has 0 heterocycles. The van der Waals surface area contributed by atoms with Crippen LogP contribution in [0.4, 0.5) is 0 Å². The van der Waals surface area contributed by atoms with E-state index in [1.165, 1.54) is 24.8 Å². The van der Waals surface area contributed by atoms with Crippen molar-refractivity contribution in [3.63, 3.8) is 0 Å². The zero-order valence-electron chi connectivity index (χ0n) is 6.70. The van der Waals surface area contributed by atoms with Crippen LogP contribution in [0, 0.1) is 5.92 Å². The summed E-state index contributed by atoms with van der Waals surface area (Å²) in [7, 11) is 0. The molecule has 0 aliphatic heterocycles. The molecule has 0 N–H and O–H groups in total. The molecular formula is C9H16. The van der Waals surface area contributed by atoms with Crippen molar-refractivity contribution in [1.29, 1.82) is 0 Å². The Bertz CT molecular complexity index is 123. The van der Waals surface area contributed by atoms with Gasteiger partial charge in [0.1, 0.15) is 0 Å². The molecule has 0 nitrogen and oxygen atoms in total. The van der Waals surface area contributed by atoms with Crippen molar-refractivity contribution >= 4 is 0 Å². The Labute approximate surface area is 58.0 Å². The third-order valence-corrected chi connectivity index (χ3v) is 2.51. The standard InChI is InChI=1S/C9H16/c1-7(2)8(3)9-5-4-6-9/h9H,4-6H2,1-3H3. The summed E-state index contributed by atoms with van der Waals surface area (Å²) in [4.78, 5) is 0. The maximum atomic E-state index is 2.28. The molecule has 1 aliphatic carbocycles. The molecule has 0 radical (unpaired) electrons. The first kappa shape index (κ1) is 6.85. The van der Waals surface area contributed by atoms with Gasteiger partial charge in [0.25, 0.3) is 0 Å². The first-order chi connectivity index (χ1) is 4.22. The minimum absolute atomic E-state index is 0.954. The topological polar surface area (TPSA) is 0 Å². The van der Waals surface area contributed by atoms with Crippen LogP contribution < -0.4 is 0 Å². The van der Waals surface area contributed by atoms with Gasteiger partial charge in [-0.2, -0.15) is 0 Å². The highest BCUT2D eigenvalue weighted by Crippen LogP contribution is 2.33. The summed E-state index contributed by atoms with van der Waals surface area (Å²) in [5.74, 6) is 0.954.